The van der Waals surface area contributed by atoms with E-state index in [4.69, 9.17) is 9.72 Å². The first-order valence-electron chi connectivity index (χ1n) is 9.89. The maximum Gasteiger partial charge on any atom is 0.265 e. The van der Waals surface area contributed by atoms with Crippen molar-refractivity contribution in [2.24, 2.45) is 0 Å². The van der Waals surface area contributed by atoms with E-state index in [1.165, 1.54) is 0 Å². The number of hydrogen-bond acceptors (Lipinski definition) is 4. The van der Waals surface area contributed by atoms with Gasteiger partial charge in [0.25, 0.3) is 11.8 Å². The summed E-state index contributed by atoms with van der Waals surface area (Å²) in [4.78, 5) is 35.3. The molecule has 0 spiro atoms. The summed E-state index contributed by atoms with van der Waals surface area (Å²) in [6.07, 6.45) is 1.13. The normalized spacial score (nSPS) is 21.0. The standard InChI is InChI=1S/C22H22N4O3/c1-12-8-9-15-17(11-12)24-20(23-15)18-7-4-10-26(18)22(28)14-5-3-6-16-19(14)29-13(2)21(27)25-16/h3,5-6,8-9,11,13,18H,4,7,10H2,1-2H3,(H,23,24)(H,25,27). The molecule has 0 radical (unpaired) electrons. The van der Waals surface area contributed by atoms with Crippen molar-refractivity contribution in [2.45, 2.75) is 38.8 Å². The number of amides is 2. The largest absolute Gasteiger partial charge is 0.478 e. The molecule has 7 heteroatoms. The number of ether oxygens (including phenoxy) is 1. The van der Waals surface area contributed by atoms with Gasteiger partial charge in [0, 0.05) is 6.54 Å². The van der Waals surface area contributed by atoms with E-state index in [1.807, 2.05) is 24.0 Å². The number of H-pyrrole nitrogens is 1. The van der Waals surface area contributed by atoms with Crippen LogP contribution in [-0.4, -0.2) is 39.3 Å². The van der Waals surface area contributed by atoms with Crippen molar-refractivity contribution in [3.63, 3.8) is 0 Å². The van der Waals surface area contributed by atoms with Crippen LogP contribution < -0.4 is 10.1 Å². The van der Waals surface area contributed by atoms with Gasteiger partial charge in [0.05, 0.1) is 28.3 Å². The first-order valence-corrected chi connectivity index (χ1v) is 9.89. The zero-order valence-corrected chi connectivity index (χ0v) is 16.4. The van der Waals surface area contributed by atoms with Gasteiger partial charge in [-0.25, -0.2) is 4.98 Å². The molecular weight excluding hydrogens is 368 g/mol. The molecule has 2 amide bonds. The number of aromatic amines is 1. The fourth-order valence-corrected chi connectivity index (χ4v) is 4.15. The molecule has 148 valence electrons. The molecule has 2 atom stereocenters. The van der Waals surface area contributed by atoms with Gasteiger partial charge < -0.3 is 19.9 Å². The Kier molecular flexibility index (Phi) is 4.04. The quantitative estimate of drug-likeness (QED) is 0.700. The Morgan fingerprint density at radius 2 is 2.14 bits per heavy atom. The fraction of sp³-hybridized carbons (Fsp3) is 0.318. The van der Waals surface area contributed by atoms with Gasteiger partial charge in [0.1, 0.15) is 5.82 Å². The number of aromatic nitrogens is 2. The predicted molar refractivity (Wildman–Crippen MR) is 109 cm³/mol. The maximum atomic E-state index is 13.5. The molecule has 2 aromatic carbocycles. The topological polar surface area (TPSA) is 87.3 Å². The summed E-state index contributed by atoms with van der Waals surface area (Å²) in [6.45, 7) is 4.38. The monoisotopic (exact) mass is 390 g/mol. The average molecular weight is 390 g/mol. The molecule has 2 unspecified atom stereocenters. The van der Waals surface area contributed by atoms with Crippen LogP contribution in [0, 0.1) is 6.92 Å². The molecule has 0 aliphatic carbocycles. The van der Waals surface area contributed by atoms with Gasteiger partial charge in [-0.2, -0.15) is 0 Å². The highest BCUT2D eigenvalue weighted by Crippen LogP contribution is 2.38. The molecule has 1 fully saturated rings. The minimum absolute atomic E-state index is 0.107. The number of rotatable bonds is 2. The first kappa shape index (κ1) is 17.7. The van der Waals surface area contributed by atoms with Gasteiger partial charge in [-0.3, -0.25) is 9.59 Å². The minimum atomic E-state index is -0.635. The average Bonchev–Trinajstić information content (AvgIpc) is 3.34. The Balaban J connectivity index is 1.49. The van der Waals surface area contributed by atoms with E-state index in [9.17, 15) is 9.59 Å². The van der Waals surface area contributed by atoms with E-state index < -0.39 is 6.10 Å². The fourth-order valence-electron chi connectivity index (χ4n) is 4.15. The smallest absolute Gasteiger partial charge is 0.265 e. The zero-order valence-electron chi connectivity index (χ0n) is 16.4. The van der Waals surface area contributed by atoms with Gasteiger partial charge in [-0.05, 0) is 56.5 Å². The summed E-state index contributed by atoms with van der Waals surface area (Å²) in [5.41, 5.74) is 4.05. The van der Waals surface area contributed by atoms with Crippen molar-refractivity contribution in [3.8, 4) is 5.75 Å². The summed E-state index contributed by atoms with van der Waals surface area (Å²) >= 11 is 0. The molecule has 3 aromatic rings. The highest BCUT2D eigenvalue weighted by Gasteiger charge is 2.36. The van der Waals surface area contributed by atoms with Crippen molar-refractivity contribution in [1.29, 1.82) is 0 Å². The van der Waals surface area contributed by atoms with Gasteiger partial charge in [0.2, 0.25) is 0 Å². The summed E-state index contributed by atoms with van der Waals surface area (Å²) in [7, 11) is 0. The predicted octanol–water partition coefficient (Wildman–Crippen LogP) is 3.57. The summed E-state index contributed by atoms with van der Waals surface area (Å²) < 4.78 is 5.78. The molecule has 7 nitrogen and oxygen atoms in total. The second kappa shape index (κ2) is 6.62. The lowest BCUT2D eigenvalue weighted by Gasteiger charge is -2.28. The number of likely N-dealkylation sites (tertiary alicyclic amines) is 1. The number of para-hydroxylation sites is 1. The zero-order chi connectivity index (χ0) is 20.1. The number of fused-ring (bicyclic) bond motifs is 2. The molecule has 2 N–H and O–H groups in total. The lowest BCUT2D eigenvalue weighted by Crippen LogP contribution is -2.37. The Morgan fingerprint density at radius 1 is 1.28 bits per heavy atom. The lowest BCUT2D eigenvalue weighted by molar-refractivity contribution is -0.122. The molecule has 2 aliphatic rings. The van der Waals surface area contributed by atoms with Gasteiger partial charge in [-0.15, -0.1) is 0 Å². The Bertz CT molecular complexity index is 1140. The van der Waals surface area contributed by atoms with E-state index in [-0.39, 0.29) is 17.9 Å². The molecule has 3 heterocycles. The summed E-state index contributed by atoms with van der Waals surface area (Å²) in [5.74, 6) is 0.933. The number of nitrogens with one attached hydrogen (secondary N) is 2. The molecule has 1 aromatic heterocycles. The Labute approximate surface area is 168 Å². The molecule has 1 saturated heterocycles. The summed E-state index contributed by atoms with van der Waals surface area (Å²) in [5, 5.41) is 2.81. The van der Waals surface area contributed by atoms with E-state index in [0.29, 0.717) is 23.5 Å². The van der Waals surface area contributed by atoms with Crippen molar-refractivity contribution in [1.82, 2.24) is 14.9 Å². The SMILES string of the molecule is Cc1ccc2nc(C3CCCN3C(=O)c3cccc4c3OC(C)C(=O)N4)[nH]c2c1. The van der Waals surface area contributed by atoms with Crippen LogP contribution in [-0.2, 0) is 4.79 Å². The Hall–Kier alpha value is -3.35. The summed E-state index contributed by atoms with van der Waals surface area (Å²) in [6, 6.07) is 11.3. The van der Waals surface area contributed by atoms with Crippen LogP contribution >= 0.6 is 0 Å². The minimum Gasteiger partial charge on any atom is -0.478 e. The van der Waals surface area contributed by atoms with E-state index in [1.54, 1.807) is 25.1 Å². The second-order valence-corrected chi connectivity index (χ2v) is 7.73. The van der Waals surface area contributed by atoms with Crippen LogP contribution in [0.4, 0.5) is 5.69 Å². The second-order valence-electron chi connectivity index (χ2n) is 7.73. The number of imidazole rings is 1. The van der Waals surface area contributed by atoms with Crippen LogP contribution in [0.15, 0.2) is 36.4 Å². The van der Waals surface area contributed by atoms with Gasteiger partial charge in [0.15, 0.2) is 11.9 Å². The van der Waals surface area contributed by atoms with Gasteiger partial charge in [-0.1, -0.05) is 12.1 Å². The molecule has 29 heavy (non-hydrogen) atoms. The number of anilines is 1. The van der Waals surface area contributed by atoms with Crippen molar-refractivity contribution in [3.05, 3.63) is 53.3 Å². The molecule has 2 aliphatic heterocycles. The van der Waals surface area contributed by atoms with Crippen LogP contribution in [0.2, 0.25) is 0 Å². The van der Waals surface area contributed by atoms with Crippen LogP contribution in [0.5, 0.6) is 5.75 Å². The number of aryl methyl sites for hydroxylation is 1. The number of hydrogen-bond donors (Lipinski definition) is 2. The molecule has 0 bridgehead atoms. The van der Waals surface area contributed by atoms with E-state index in [2.05, 4.69) is 16.4 Å². The lowest BCUT2D eigenvalue weighted by atomic mass is 10.1. The molecular formula is C22H22N4O3. The third-order valence-corrected chi connectivity index (χ3v) is 5.65. The molecule has 0 saturated carbocycles. The van der Waals surface area contributed by atoms with E-state index >= 15 is 0 Å². The third-order valence-electron chi connectivity index (χ3n) is 5.65. The van der Waals surface area contributed by atoms with E-state index in [0.717, 1.165) is 35.3 Å². The van der Waals surface area contributed by atoms with Gasteiger partial charge >= 0.3 is 0 Å². The number of nitrogens with zero attached hydrogens (tertiary/aromatic N) is 2. The van der Waals surface area contributed by atoms with Crippen molar-refractivity contribution >= 4 is 28.5 Å². The highest BCUT2D eigenvalue weighted by atomic mass is 16.5. The van der Waals surface area contributed by atoms with Crippen LogP contribution in [0.25, 0.3) is 11.0 Å². The number of carbonyl (C=O) groups excluding carboxylic acids is 2. The third kappa shape index (κ3) is 2.93. The first-order chi connectivity index (χ1) is 14.0. The Morgan fingerprint density at radius 3 is 3.00 bits per heavy atom. The maximum absolute atomic E-state index is 13.5. The molecule has 5 rings (SSSR count). The highest BCUT2D eigenvalue weighted by molar-refractivity contribution is 6.04. The number of carbonyl (C=O) groups is 2. The van der Waals surface area contributed by atoms with Crippen molar-refractivity contribution < 1.29 is 14.3 Å². The number of benzene rings is 2. The van der Waals surface area contributed by atoms with Crippen molar-refractivity contribution in [2.75, 3.05) is 11.9 Å². The van der Waals surface area contributed by atoms with Crippen LogP contribution in [0.3, 0.4) is 0 Å². The van der Waals surface area contributed by atoms with Crippen LogP contribution in [0.1, 0.15) is 47.6 Å².